The van der Waals surface area contributed by atoms with E-state index in [4.69, 9.17) is 0 Å². The van der Waals surface area contributed by atoms with Crippen LogP contribution >= 0.6 is 0 Å². The van der Waals surface area contributed by atoms with Crippen molar-refractivity contribution in [3.05, 3.63) is 55.5 Å². The van der Waals surface area contributed by atoms with Crippen LogP contribution in [0, 0.1) is 0 Å². The first kappa shape index (κ1) is 19.2. The molecule has 0 amide bonds. The number of phenols is 1. The smallest absolute Gasteiger partial charge is 0.158 e. The van der Waals surface area contributed by atoms with Crippen LogP contribution in [0.25, 0.3) is 11.0 Å². The number of unbranched alkanes of at least 4 members (excludes halogenated alkanes) is 1. The maximum absolute atomic E-state index is 9.20. The normalized spacial score (nSPS) is 9.29. The molecule has 5 nitrogen and oxygen atoms in total. The first-order valence-corrected chi connectivity index (χ1v) is 8.19. The number of nitrogens with zero attached hydrogens (tertiary/aromatic N) is 2. The fourth-order valence-electron chi connectivity index (χ4n) is 1.85. The Morgan fingerprint density at radius 1 is 1.17 bits per heavy atom. The number of hydrogen-bond donors (Lipinski definition) is 3. The highest BCUT2D eigenvalue weighted by Crippen LogP contribution is 2.22. The minimum atomic E-state index is 0.239. The summed E-state index contributed by atoms with van der Waals surface area (Å²) in [5.74, 6) is 0.953. The van der Waals surface area contributed by atoms with Crippen molar-refractivity contribution in [3.63, 3.8) is 0 Å². The summed E-state index contributed by atoms with van der Waals surface area (Å²) >= 11 is 0. The van der Waals surface area contributed by atoms with E-state index in [9.17, 15) is 5.11 Å². The van der Waals surface area contributed by atoms with Gasteiger partial charge in [0.15, 0.2) is 5.82 Å². The molecule has 0 fully saturated rings. The van der Waals surface area contributed by atoms with Crippen molar-refractivity contribution in [2.45, 2.75) is 33.6 Å². The van der Waals surface area contributed by atoms with E-state index in [-0.39, 0.29) is 5.75 Å². The van der Waals surface area contributed by atoms with Crippen LogP contribution in [0.5, 0.6) is 5.75 Å². The average molecular weight is 326 g/mol. The van der Waals surface area contributed by atoms with E-state index in [1.807, 2.05) is 32.2 Å². The second-order valence-electron chi connectivity index (χ2n) is 4.71. The van der Waals surface area contributed by atoms with E-state index in [0.717, 1.165) is 23.1 Å². The predicted octanol–water partition coefficient (Wildman–Crippen LogP) is 5.41. The quantitative estimate of drug-likeness (QED) is 0.443. The van der Waals surface area contributed by atoms with E-state index in [1.165, 1.54) is 12.7 Å². The summed E-state index contributed by atoms with van der Waals surface area (Å²) in [6.45, 7) is 9.69. The Balaban J connectivity index is 0.000000356. The molecule has 5 heteroatoms. The van der Waals surface area contributed by atoms with Crippen LogP contribution in [-0.4, -0.2) is 20.1 Å². The Morgan fingerprint density at radius 2 is 1.88 bits per heavy atom. The van der Waals surface area contributed by atoms with Crippen molar-refractivity contribution in [2.24, 2.45) is 0 Å². The molecule has 3 rings (SSSR count). The molecule has 2 aromatic heterocycles. The lowest BCUT2D eigenvalue weighted by atomic mass is 10.3. The van der Waals surface area contributed by atoms with Crippen molar-refractivity contribution in [3.8, 4) is 5.75 Å². The maximum atomic E-state index is 9.20. The Hall–Kier alpha value is -2.82. The lowest BCUT2D eigenvalue weighted by Crippen LogP contribution is -1.95. The van der Waals surface area contributed by atoms with Crippen molar-refractivity contribution in [1.29, 1.82) is 0 Å². The van der Waals surface area contributed by atoms with Gasteiger partial charge >= 0.3 is 0 Å². The molecule has 1 aromatic carbocycles. The van der Waals surface area contributed by atoms with Crippen LogP contribution < -0.4 is 5.32 Å². The van der Waals surface area contributed by atoms with Gasteiger partial charge in [0, 0.05) is 11.9 Å². The number of aromatic nitrogens is 3. The van der Waals surface area contributed by atoms with Crippen molar-refractivity contribution in [1.82, 2.24) is 15.0 Å². The molecule has 3 N–H and O–H groups in total. The number of hydrogen-bond acceptors (Lipinski definition) is 4. The van der Waals surface area contributed by atoms with Gasteiger partial charge in [-0.2, -0.15) is 0 Å². The van der Waals surface area contributed by atoms with Crippen LogP contribution in [0.1, 0.15) is 33.6 Å². The number of aromatic amines is 1. The summed E-state index contributed by atoms with van der Waals surface area (Å²) in [5.41, 5.74) is 2.58. The molecule has 0 aliphatic carbocycles. The minimum absolute atomic E-state index is 0.239. The van der Waals surface area contributed by atoms with Gasteiger partial charge in [0.25, 0.3) is 0 Å². The fraction of sp³-hybridized carbons (Fsp3) is 0.263. The van der Waals surface area contributed by atoms with Crippen LogP contribution in [-0.2, 0) is 0 Å². The number of allylic oxidation sites excluding steroid dienone is 1. The van der Waals surface area contributed by atoms with E-state index in [2.05, 4.69) is 33.8 Å². The number of phenolic OH excluding ortho intramolecular Hbond substituents is 1. The summed E-state index contributed by atoms with van der Waals surface area (Å²) in [6, 6.07) is 8.70. The Kier molecular flexibility index (Phi) is 8.68. The van der Waals surface area contributed by atoms with Gasteiger partial charge in [-0.15, -0.1) is 6.58 Å². The molecule has 2 heterocycles. The molecule has 24 heavy (non-hydrogen) atoms. The zero-order valence-electron chi connectivity index (χ0n) is 14.6. The van der Waals surface area contributed by atoms with E-state index in [0.29, 0.717) is 5.82 Å². The Morgan fingerprint density at radius 3 is 2.46 bits per heavy atom. The number of H-pyrrole nitrogens is 1. The number of nitrogens with one attached hydrogen (secondary N) is 2. The van der Waals surface area contributed by atoms with Crippen LogP contribution in [0.3, 0.4) is 0 Å². The number of anilines is 2. The lowest BCUT2D eigenvalue weighted by Gasteiger charge is -2.06. The molecule has 0 bridgehead atoms. The summed E-state index contributed by atoms with van der Waals surface area (Å²) in [4.78, 5) is 11.4. The van der Waals surface area contributed by atoms with Gasteiger partial charge in [0.2, 0.25) is 0 Å². The molecule has 0 saturated heterocycles. The largest absolute Gasteiger partial charge is 0.508 e. The van der Waals surface area contributed by atoms with Gasteiger partial charge in [-0.25, -0.2) is 9.97 Å². The summed E-state index contributed by atoms with van der Waals surface area (Å²) < 4.78 is 0. The zero-order valence-corrected chi connectivity index (χ0v) is 14.6. The lowest BCUT2D eigenvalue weighted by molar-refractivity contribution is 0.475. The monoisotopic (exact) mass is 326 g/mol. The minimum Gasteiger partial charge on any atom is -0.508 e. The second-order valence-corrected chi connectivity index (χ2v) is 4.71. The maximum Gasteiger partial charge on any atom is 0.158 e. The van der Waals surface area contributed by atoms with Crippen molar-refractivity contribution < 1.29 is 5.11 Å². The summed E-state index contributed by atoms with van der Waals surface area (Å²) in [5, 5.41) is 12.4. The molecule has 128 valence electrons. The fourth-order valence-corrected chi connectivity index (χ4v) is 1.85. The average Bonchev–Trinajstić information content (AvgIpc) is 3.10. The Bertz CT molecular complexity index is 720. The molecule has 0 atom stereocenters. The molecule has 0 spiro atoms. The molecule has 0 saturated carbocycles. The van der Waals surface area contributed by atoms with Gasteiger partial charge < -0.3 is 15.4 Å². The number of benzene rings is 1. The molecule has 0 aliphatic heterocycles. The number of rotatable bonds is 4. The highest BCUT2D eigenvalue weighted by atomic mass is 16.3. The highest BCUT2D eigenvalue weighted by molar-refractivity contribution is 5.87. The van der Waals surface area contributed by atoms with E-state index in [1.54, 1.807) is 24.3 Å². The van der Waals surface area contributed by atoms with Gasteiger partial charge in [0.05, 0.1) is 5.52 Å². The highest BCUT2D eigenvalue weighted by Gasteiger charge is 2.04. The molecule has 0 radical (unpaired) electrons. The second kappa shape index (κ2) is 10.8. The number of aromatic hydroxyl groups is 1. The molecular weight excluding hydrogens is 300 g/mol. The first-order valence-electron chi connectivity index (χ1n) is 8.19. The third-order valence-corrected chi connectivity index (χ3v) is 2.97. The molecule has 0 aliphatic rings. The van der Waals surface area contributed by atoms with E-state index >= 15 is 0 Å². The van der Waals surface area contributed by atoms with Crippen LogP contribution in [0.2, 0.25) is 0 Å². The van der Waals surface area contributed by atoms with Gasteiger partial charge in [0.1, 0.15) is 17.6 Å². The van der Waals surface area contributed by atoms with Gasteiger partial charge in [-0.05, 0) is 36.8 Å². The molecule has 0 unspecified atom stereocenters. The summed E-state index contributed by atoms with van der Waals surface area (Å²) in [6.07, 6.45) is 7.64. The SMILES string of the molecule is C=CCCC.CC.Oc1ccc(Nc2ncnc3cc[nH]c23)cc1. The Labute approximate surface area is 143 Å². The number of fused-ring (bicyclic) bond motifs is 1. The summed E-state index contributed by atoms with van der Waals surface area (Å²) in [7, 11) is 0. The molecule has 3 aromatic rings. The van der Waals surface area contributed by atoms with Crippen molar-refractivity contribution >= 4 is 22.5 Å². The predicted molar refractivity (Wildman–Crippen MR) is 102 cm³/mol. The van der Waals surface area contributed by atoms with Crippen molar-refractivity contribution in [2.75, 3.05) is 5.32 Å². The third-order valence-electron chi connectivity index (χ3n) is 2.97. The van der Waals surface area contributed by atoms with Gasteiger partial charge in [-0.3, -0.25) is 0 Å². The van der Waals surface area contributed by atoms with Crippen LogP contribution in [0.4, 0.5) is 11.5 Å². The van der Waals surface area contributed by atoms with Crippen LogP contribution in [0.15, 0.2) is 55.5 Å². The topological polar surface area (TPSA) is 73.8 Å². The van der Waals surface area contributed by atoms with Gasteiger partial charge in [-0.1, -0.05) is 33.3 Å². The van der Waals surface area contributed by atoms with E-state index < -0.39 is 0 Å². The molecular formula is C19H26N4O. The standard InChI is InChI=1S/C12H10N4O.C5H10.C2H6/c17-9-3-1-8(2-4-9)16-12-11-10(5-6-13-11)14-7-15-12;1-3-5-4-2;1-2/h1-7,13,17H,(H,14,15,16);3H,1,4-5H2,2H3;1-2H3. The third kappa shape index (κ3) is 5.76. The zero-order chi connectivity index (χ0) is 17.8. The first-order chi connectivity index (χ1) is 11.7.